The number of amides is 1. The second-order valence-corrected chi connectivity index (χ2v) is 5.80. The van der Waals surface area contributed by atoms with Gasteiger partial charge in [0.15, 0.2) is 0 Å². The van der Waals surface area contributed by atoms with Crippen molar-refractivity contribution in [1.82, 2.24) is 4.90 Å². The largest absolute Gasteiger partial charge is 0.339 e. The van der Waals surface area contributed by atoms with E-state index < -0.39 is 0 Å². The highest BCUT2D eigenvalue weighted by Crippen LogP contribution is 2.29. The Kier molecular flexibility index (Phi) is 5.26. The van der Waals surface area contributed by atoms with Crippen molar-refractivity contribution < 1.29 is 4.79 Å². The van der Waals surface area contributed by atoms with E-state index in [0.29, 0.717) is 17.9 Å². The first kappa shape index (κ1) is 14.8. The van der Waals surface area contributed by atoms with Crippen LogP contribution >= 0.6 is 12.4 Å². The molecular weight excluding hydrogens is 236 g/mol. The number of likely N-dealkylation sites (tertiary alicyclic amines) is 1. The number of nitrogens with zero attached hydrogens (tertiary/aromatic N) is 1. The van der Waals surface area contributed by atoms with Gasteiger partial charge in [0.25, 0.3) is 0 Å². The van der Waals surface area contributed by atoms with Crippen LogP contribution in [0.1, 0.15) is 46.0 Å². The molecule has 0 spiro atoms. The summed E-state index contributed by atoms with van der Waals surface area (Å²) < 4.78 is 0. The Hall–Kier alpha value is -0.280. The Balaban J connectivity index is 0.00000144. The van der Waals surface area contributed by atoms with Gasteiger partial charge in [-0.3, -0.25) is 4.79 Å². The third-order valence-corrected chi connectivity index (χ3v) is 4.13. The van der Waals surface area contributed by atoms with Crippen molar-refractivity contribution in [2.75, 3.05) is 6.54 Å². The molecule has 2 aliphatic rings. The smallest absolute Gasteiger partial charge is 0.225 e. The van der Waals surface area contributed by atoms with Crippen molar-refractivity contribution >= 4 is 18.3 Å². The summed E-state index contributed by atoms with van der Waals surface area (Å²) in [4.78, 5) is 14.5. The molecule has 0 aromatic heterocycles. The molecule has 1 aliphatic heterocycles. The number of hydrogen-bond donors (Lipinski definition) is 1. The van der Waals surface area contributed by atoms with Crippen molar-refractivity contribution in [3.63, 3.8) is 0 Å². The molecule has 3 nitrogen and oxygen atoms in total. The van der Waals surface area contributed by atoms with Crippen molar-refractivity contribution in [1.29, 1.82) is 0 Å². The normalized spacial score (nSPS) is 37.7. The van der Waals surface area contributed by atoms with Crippen LogP contribution in [-0.2, 0) is 4.79 Å². The van der Waals surface area contributed by atoms with Crippen LogP contribution in [0.25, 0.3) is 0 Å². The van der Waals surface area contributed by atoms with Gasteiger partial charge < -0.3 is 10.6 Å². The molecule has 2 fully saturated rings. The van der Waals surface area contributed by atoms with Gasteiger partial charge in [-0.05, 0) is 38.5 Å². The Morgan fingerprint density at radius 3 is 2.47 bits per heavy atom. The Bertz CT molecular complexity index is 272. The molecule has 1 aliphatic carbocycles. The second-order valence-electron chi connectivity index (χ2n) is 5.80. The number of hydrogen-bond acceptors (Lipinski definition) is 2. The van der Waals surface area contributed by atoms with Gasteiger partial charge in [-0.15, -0.1) is 12.4 Å². The van der Waals surface area contributed by atoms with Crippen molar-refractivity contribution in [3.05, 3.63) is 0 Å². The Morgan fingerprint density at radius 2 is 1.94 bits per heavy atom. The fraction of sp³-hybridized carbons (Fsp3) is 0.923. The summed E-state index contributed by atoms with van der Waals surface area (Å²) in [6, 6.07) is 0.679. The first-order chi connectivity index (χ1) is 7.58. The molecular formula is C13H25ClN2O. The lowest BCUT2D eigenvalue weighted by molar-refractivity contribution is -0.137. The van der Waals surface area contributed by atoms with Crippen LogP contribution < -0.4 is 5.73 Å². The van der Waals surface area contributed by atoms with E-state index in [2.05, 4.69) is 18.7 Å². The van der Waals surface area contributed by atoms with E-state index in [1.807, 2.05) is 0 Å². The Morgan fingerprint density at radius 1 is 1.24 bits per heavy atom. The first-order valence-electron chi connectivity index (χ1n) is 6.64. The molecule has 100 valence electrons. The van der Waals surface area contributed by atoms with Crippen molar-refractivity contribution in [2.24, 2.45) is 17.6 Å². The van der Waals surface area contributed by atoms with Crippen LogP contribution in [0.2, 0.25) is 0 Å². The number of rotatable bonds is 1. The highest BCUT2D eigenvalue weighted by molar-refractivity contribution is 5.85. The van der Waals surface area contributed by atoms with Crippen LogP contribution in [0.15, 0.2) is 0 Å². The van der Waals surface area contributed by atoms with Crippen LogP contribution in [0, 0.1) is 11.8 Å². The molecule has 2 rings (SSSR count). The quantitative estimate of drug-likeness (QED) is 0.786. The molecule has 4 heteroatoms. The van der Waals surface area contributed by atoms with E-state index in [1.165, 1.54) is 0 Å². The number of carbonyl (C=O) groups excluding carboxylic acids is 1. The van der Waals surface area contributed by atoms with Crippen molar-refractivity contribution in [2.45, 2.75) is 58.0 Å². The van der Waals surface area contributed by atoms with E-state index in [-0.39, 0.29) is 24.4 Å². The van der Waals surface area contributed by atoms with Crippen LogP contribution in [-0.4, -0.2) is 29.4 Å². The van der Waals surface area contributed by atoms with Gasteiger partial charge in [0.2, 0.25) is 5.91 Å². The monoisotopic (exact) mass is 260 g/mol. The first-order valence-corrected chi connectivity index (χ1v) is 6.64. The molecule has 4 atom stereocenters. The summed E-state index contributed by atoms with van der Waals surface area (Å²) in [5.74, 6) is 1.24. The summed E-state index contributed by atoms with van der Waals surface area (Å²) >= 11 is 0. The number of carbonyl (C=O) groups is 1. The van der Waals surface area contributed by atoms with E-state index in [9.17, 15) is 4.79 Å². The average molecular weight is 261 g/mol. The molecule has 0 radical (unpaired) electrons. The third kappa shape index (κ3) is 3.35. The lowest BCUT2D eigenvalue weighted by Gasteiger charge is -2.31. The van der Waals surface area contributed by atoms with Gasteiger partial charge in [0.05, 0.1) is 0 Å². The predicted octanol–water partition coefficient (Wildman–Crippen LogP) is 2.18. The minimum absolute atomic E-state index is 0. The van der Waals surface area contributed by atoms with E-state index in [0.717, 1.165) is 38.6 Å². The highest BCUT2D eigenvalue weighted by Gasteiger charge is 2.35. The fourth-order valence-electron chi connectivity index (χ4n) is 3.29. The van der Waals surface area contributed by atoms with Crippen molar-refractivity contribution in [3.8, 4) is 0 Å². The van der Waals surface area contributed by atoms with Crippen LogP contribution in [0.3, 0.4) is 0 Å². The summed E-state index contributed by atoms with van der Waals surface area (Å²) in [6.45, 7) is 5.35. The SMILES string of the molecule is CC1CC(C)N(C(=O)C2CCCC(N)C2)C1.Cl. The number of halogens is 1. The second kappa shape index (κ2) is 6.05. The zero-order valence-corrected chi connectivity index (χ0v) is 11.7. The van der Waals surface area contributed by atoms with E-state index in [1.54, 1.807) is 0 Å². The predicted molar refractivity (Wildman–Crippen MR) is 72.1 cm³/mol. The van der Waals surface area contributed by atoms with Gasteiger partial charge in [0, 0.05) is 24.5 Å². The molecule has 2 N–H and O–H groups in total. The van der Waals surface area contributed by atoms with Gasteiger partial charge >= 0.3 is 0 Å². The average Bonchev–Trinajstić information content (AvgIpc) is 2.57. The van der Waals surface area contributed by atoms with Crippen LogP contribution in [0.4, 0.5) is 0 Å². The molecule has 0 aromatic carbocycles. The molecule has 1 amide bonds. The zero-order valence-electron chi connectivity index (χ0n) is 10.9. The third-order valence-electron chi connectivity index (χ3n) is 4.13. The fourth-order valence-corrected chi connectivity index (χ4v) is 3.29. The zero-order chi connectivity index (χ0) is 11.7. The van der Waals surface area contributed by atoms with Gasteiger partial charge in [0.1, 0.15) is 0 Å². The summed E-state index contributed by atoms with van der Waals surface area (Å²) in [6.07, 6.45) is 5.32. The maximum Gasteiger partial charge on any atom is 0.225 e. The van der Waals surface area contributed by atoms with E-state index >= 15 is 0 Å². The minimum atomic E-state index is 0. The Labute approximate surface area is 111 Å². The molecule has 0 bridgehead atoms. The topological polar surface area (TPSA) is 46.3 Å². The van der Waals surface area contributed by atoms with Gasteiger partial charge in [-0.1, -0.05) is 13.3 Å². The maximum absolute atomic E-state index is 12.4. The molecule has 0 aromatic rings. The molecule has 1 saturated heterocycles. The molecule has 1 heterocycles. The van der Waals surface area contributed by atoms with Gasteiger partial charge in [-0.2, -0.15) is 0 Å². The van der Waals surface area contributed by atoms with Crippen LogP contribution in [0.5, 0.6) is 0 Å². The summed E-state index contributed by atoms with van der Waals surface area (Å²) in [5, 5.41) is 0. The maximum atomic E-state index is 12.4. The number of nitrogens with two attached hydrogens (primary N) is 1. The highest BCUT2D eigenvalue weighted by atomic mass is 35.5. The summed E-state index contributed by atoms with van der Waals surface area (Å²) in [5.41, 5.74) is 5.95. The molecule has 1 saturated carbocycles. The lowest BCUT2D eigenvalue weighted by Crippen LogP contribution is -2.42. The standard InChI is InChI=1S/C13H24N2O.ClH/c1-9-6-10(2)15(8-9)13(16)11-4-3-5-12(14)7-11;/h9-12H,3-8,14H2,1-2H3;1H. The van der Waals surface area contributed by atoms with Gasteiger partial charge in [-0.25, -0.2) is 0 Å². The molecule has 17 heavy (non-hydrogen) atoms. The minimum Gasteiger partial charge on any atom is -0.339 e. The van der Waals surface area contributed by atoms with E-state index in [4.69, 9.17) is 5.73 Å². The molecule has 4 unspecified atom stereocenters. The summed E-state index contributed by atoms with van der Waals surface area (Å²) in [7, 11) is 0. The lowest BCUT2D eigenvalue weighted by atomic mass is 9.85.